The Labute approximate surface area is 182 Å². The number of carbonyl (C=O) groups excluding carboxylic acids is 2. The molecule has 0 bridgehead atoms. The summed E-state index contributed by atoms with van der Waals surface area (Å²) in [5, 5.41) is 0. The number of hydrogen-bond acceptors (Lipinski definition) is 4. The van der Waals surface area contributed by atoms with Crippen LogP contribution in [-0.4, -0.2) is 24.7 Å². The summed E-state index contributed by atoms with van der Waals surface area (Å²) in [5.41, 5.74) is 5.25. The molecule has 0 fully saturated rings. The lowest BCUT2D eigenvalue weighted by Gasteiger charge is -2.22. The molecular formula is C24H24N2O4S. The molecule has 1 atom stereocenters. The van der Waals surface area contributed by atoms with Gasteiger partial charge in [0.25, 0.3) is 10.0 Å². The van der Waals surface area contributed by atoms with Gasteiger partial charge in [0.2, 0.25) is 5.91 Å². The van der Waals surface area contributed by atoms with Crippen molar-refractivity contribution in [1.29, 1.82) is 0 Å². The fraction of sp³-hybridized carbons (Fsp3) is 0.250. The Balaban J connectivity index is 1.59. The third-order valence-corrected chi connectivity index (χ3v) is 7.08. The van der Waals surface area contributed by atoms with E-state index in [0.717, 1.165) is 28.2 Å². The molecule has 0 spiro atoms. The molecule has 1 aliphatic carbocycles. The number of rotatable bonds is 4. The van der Waals surface area contributed by atoms with Crippen molar-refractivity contribution in [2.24, 2.45) is 5.92 Å². The predicted molar refractivity (Wildman–Crippen MR) is 118 cm³/mol. The number of hydrogen-bond donors (Lipinski definition) is 1. The number of amides is 1. The topological polar surface area (TPSA) is 85.2 Å². The van der Waals surface area contributed by atoms with Crippen molar-refractivity contribution < 1.29 is 18.0 Å². The van der Waals surface area contributed by atoms with Gasteiger partial charge < -0.3 is 4.57 Å². The number of benzene rings is 2. The number of nitrogens with zero attached hydrogens (tertiary/aromatic N) is 1. The summed E-state index contributed by atoms with van der Waals surface area (Å²) >= 11 is 0. The monoisotopic (exact) mass is 436 g/mol. The molecule has 0 saturated carbocycles. The van der Waals surface area contributed by atoms with Gasteiger partial charge >= 0.3 is 0 Å². The zero-order valence-corrected chi connectivity index (χ0v) is 18.5. The molecule has 4 rings (SSSR count). The van der Waals surface area contributed by atoms with Crippen LogP contribution in [0, 0.1) is 26.7 Å². The molecule has 1 unspecified atom stereocenters. The average Bonchev–Trinajstić information content (AvgIpc) is 3.06. The lowest BCUT2D eigenvalue weighted by Crippen LogP contribution is -2.41. The maximum Gasteiger partial charge on any atom is 0.264 e. The molecule has 0 radical (unpaired) electrons. The first-order chi connectivity index (χ1) is 14.7. The largest absolute Gasteiger partial charge is 0.317 e. The lowest BCUT2D eigenvalue weighted by atomic mass is 9.86. The van der Waals surface area contributed by atoms with Gasteiger partial charge in [-0.05, 0) is 63.9 Å². The van der Waals surface area contributed by atoms with Gasteiger partial charge in [0, 0.05) is 22.6 Å². The van der Waals surface area contributed by atoms with Crippen molar-refractivity contribution in [3.63, 3.8) is 0 Å². The van der Waals surface area contributed by atoms with Crippen molar-refractivity contribution in [2.45, 2.75) is 38.5 Å². The van der Waals surface area contributed by atoms with Crippen molar-refractivity contribution in [3.8, 4) is 5.69 Å². The number of nitrogens with one attached hydrogen (secondary N) is 1. The summed E-state index contributed by atoms with van der Waals surface area (Å²) in [6.07, 6.45) is 0.766. The molecule has 1 aromatic heterocycles. The van der Waals surface area contributed by atoms with Gasteiger partial charge in [-0.3, -0.25) is 9.59 Å². The average molecular weight is 437 g/mol. The second kappa shape index (κ2) is 7.81. The van der Waals surface area contributed by atoms with Gasteiger partial charge in [-0.15, -0.1) is 0 Å². The summed E-state index contributed by atoms with van der Waals surface area (Å²) in [4.78, 5) is 25.9. The normalized spacial score (nSPS) is 16.1. The van der Waals surface area contributed by atoms with E-state index in [1.54, 1.807) is 18.2 Å². The molecule has 160 valence electrons. The minimum atomic E-state index is -4.03. The second-order valence-corrected chi connectivity index (χ2v) is 9.74. The molecule has 1 N–H and O–H groups in total. The van der Waals surface area contributed by atoms with Crippen LogP contribution in [0.4, 0.5) is 0 Å². The third-order valence-electron chi connectivity index (χ3n) is 5.71. The molecule has 6 nitrogen and oxygen atoms in total. The van der Waals surface area contributed by atoms with Crippen LogP contribution in [0.5, 0.6) is 0 Å². The van der Waals surface area contributed by atoms with Crippen LogP contribution in [0.1, 0.15) is 39.3 Å². The minimum absolute atomic E-state index is 0.00299. The quantitative estimate of drug-likeness (QED) is 0.633. The second-order valence-electron chi connectivity index (χ2n) is 8.06. The van der Waals surface area contributed by atoms with Crippen LogP contribution in [-0.2, 0) is 21.2 Å². The Kier molecular flexibility index (Phi) is 5.31. The Morgan fingerprint density at radius 2 is 1.55 bits per heavy atom. The standard InChI is InChI=1S/C24H24N2O4S/c1-15-4-8-18(9-5-15)26-17(3)14-21-22(26)13-12-20(23(21)27)24(28)25-31(29,30)19-10-6-16(2)7-11-19/h4-11,14,20H,12-13H2,1-3H3,(H,25,28). The van der Waals surface area contributed by atoms with Gasteiger partial charge in [-0.25, -0.2) is 13.1 Å². The number of ketones is 1. The van der Waals surface area contributed by atoms with Gasteiger partial charge in [-0.1, -0.05) is 35.4 Å². The fourth-order valence-electron chi connectivity index (χ4n) is 4.03. The van der Waals surface area contributed by atoms with Crippen LogP contribution in [0.15, 0.2) is 59.5 Å². The van der Waals surface area contributed by atoms with Crippen molar-refractivity contribution in [1.82, 2.24) is 9.29 Å². The third kappa shape index (κ3) is 3.93. The number of carbonyl (C=O) groups is 2. The van der Waals surface area contributed by atoms with Gasteiger partial charge in [0.15, 0.2) is 5.78 Å². The molecule has 1 aliphatic rings. The number of aryl methyl sites for hydroxylation is 3. The number of Topliss-reactive ketones (excluding diaryl/α,β-unsaturated/α-hetero) is 1. The zero-order chi connectivity index (χ0) is 22.3. The summed E-state index contributed by atoms with van der Waals surface area (Å²) in [7, 11) is -4.03. The van der Waals surface area contributed by atoms with Gasteiger partial charge in [0.1, 0.15) is 5.92 Å². The van der Waals surface area contributed by atoms with Gasteiger partial charge in [0.05, 0.1) is 4.90 Å². The predicted octanol–water partition coefficient (Wildman–Crippen LogP) is 3.65. The van der Waals surface area contributed by atoms with E-state index in [9.17, 15) is 18.0 Å². The number of sulfonamides is 1. The Bertz CT molecular complexity index is 1270. The lowest BCUT2D eigenvalue weighted by molar-refractivity contribution is -0.122. The van der Waals surface area contributed by atoms with E-state index >= 15 is 0 Å². The van der Waals surface area contributed by atoms with E-state index in [1.807, 2.05) is 49.6 Å². The Morgan fingerprint density at radius 3 is 2.16 bits per heavy atom. The highest BCUT2D eigenvalue weighted by molar-refractivity contribution is 7.90. The van der Waals surface area contributed by atoms with Crippen LogP contribution in [0.3, 0.4) is 0 Å². The first-order valence-corrected chi connectivity index (χ1v) is 11.6. The smallest absolute Gasteiger partial charge is 0.264 e. The van der Waals surface area contributed by atoms with E-state index in [1.165, 1.54) is 12.1 Å². The highest BCUT2D eigenvalue weighted by Crippen LogP contribution is 2.31. The summed E-state index contributed by atoms with van der Waals surface area (Å²) in [5.74, 6) is -2.15. The highest BCUT2D eigenvalue weighted by Gasteiger charge is 2.37. The summed E-state index contributed by atoms with van der Waals surface area (Å²) in [6, 6.07) is 16.0. The van der Waals surface area contributed by atoms with Gasteiger partial charge in [-0.2, -0.15) is 0 Å². The summed E-state index contributed by atoms with van der Waals surface area (Å²) in [6.45, 7) is 5.78. The number of fused-ring (bicyclic) bond motifs is 1. The molecule has 31 heavy (non-hydrogen) atoms. The van der Waals surface area contributed by atoms with Crippen molar-refractivity contribution >= 4 is 21.7 Å². The molecule has 0 aliphatic heterocycles. The highest BCUT2D eigenvalue weighted by atomic mass is 32.2. The molecule has 1 heterocycles. The first-order valence-electron chi connectivity index (χ1n) is 10.1. The number of aromatic nitrogens is 1. The molecule has 0 saturated heterocycles. The Morgan fingerprint density at radius 1 is 0.968 bits per heavy atom. The van der Waals surface area contributed by atoms with Crippen molar-refractivity contribution in [3.05, 3.63) is 82.7 Å². The van der Waals surface area contributed by atoms with Crippen LogP contribution >= 0.6 is 0 Å². The molecule has 2 aromatic carbocycles. The van der Waals surface area contributed by atoms with E-state index in [-0.39, 0.29) is 17.1 Å². The van der Waals surface area contributed by atoms with Crippen LogP contribution in [0.25, 0.3) is 5.69 Å². The molecule has 3 aromatic rings. The first kappa shape index (κ1) is 21.1. The van der Waals surface area contributed by atoms with E-state index in [2.05, 4.69) is 4.72 Å². The van der Waals surface area contributed by atoms with E-state index < -0.39 is 21.8 Å². The zero-order valence-electron chi connectivity index (χ0n) is 17.7. The Hall–Kier alpha value is -3.19. The molecule has 1 amide bonds. The van der Waals surface area contributed by atoms with Crippen molar-refractivity contribution in [2.75, 3.05) is 0 Å². The maximum absolute atomic E-state index is 13.1. The van der Waals surface area contributed by atoms with E-state index in [0.29, 0.717) is 12.0 Å². The minimum Gasteiger partial charge on any atom is -0.317 e. The van der Waals surface area contributed by atoms with E-state index in [4.69, 9.17) is 0 Å². The molecular weight excluding hydrogens is 412 g/mol. The van der Waals surface area contributed by atoms with Crippen LogP contribution < -0.4 is 4.72 Å². The summed E-state index contributed by atoms with van der Waals surface area (Å²) < 4.78 is 29.3. The molecule has 7 heteroatoms. The fourth-order valence-corrected chi connectivity index (χ4v) is 5.05. The SMILES string of the molecule is Cc1ccc(-n2c(C)cc3c2CCC(C(=O)NS(=O)(=O)c2ccc(C)cc2)C3=O)cc1. The van der Waals surface area contributed by atoms with Crippen LogP contribution in [0.2, 0.25) is 0 Å². The maximum atomic E-state index is 13.1.